The standard InChI is InChI=1S/C19H23N3O2/c1-14(2)19(15-9-5-4-6-10-15)22-21-18(23)13-20-16-11-7-8-12-17(16)24-3/h4-12,14,20H,13H2,1-3H3,(H,21,23). The van der Waals surface area contributed by atoms with Crippen molar-refractivity contribution in [2.45, 2.75) is 13.8 Å². The van der Waals surface area contributed by atoms with Crippen LogP contribution in [-0.2, 0) is 4.79 Å². The number of anilines is 1. The summed E-state index contributed by atoms with van der Waals surface area (Å²) in [6.07, 6.45) is 0. The lowest BCUT2D eigenvalue weighted by Crippen LogP contribution is -2.28. The Labute approximate surface area is 142 Å². The molecule has 0 aliphatic heterocycles. The van der Waals surface area contributed by atoms with E-state index in [4.69, 9.17) is 4.74 Å². The lowest BCUT2D eigenvalue weighted by molar-refractivity contribution is -0.119. The van der Waals surface area contributed by atoms with Gasteiger partial charge in [0.15, 0.2) is 0 Å². The van der Waals surface area contributed by atoms with Crippen LogP contribution in [0.1, 0.15) is 19.4 Å². The van der Waals surface area contributed by atoms with Gasteiger partial charge in [-0.2, -0.15) is 5.10 Å². The summed E-state index contributed by atoms with van der Waals surface area (Å²) in [4.78, 5) is 12.1. The van der Waals surface area contributed by atoms with Gasteiger partial charge in [0.05, 0.1) is 25.1 Å². The summed E-state index contributed by atoms with van der Waals surface area (Å²) < 4.78 is 5.24. The fourth-order valence-corrected chi connectivity index (χ4v) is 2.26. The van der Waals surface area contributed by atoms with E-state index >= 15 is 0 Å². The smallest absolute Gasteiger partial charge is 0.259 e. The molecule has 0 aliphatic carbocycles. The number of nitrogens with one attached hydrogen (secondary N) is 2. The van der Waals surface area contributed by atoms with Crippen LogP contribution in [-0.4, -0.2) is 25.3 Å². The molecular formula is C19H23N3O2. The molecule has 0 heterocycles. The first-order chi connectivity index (χ1) is 11.6. The highest BCUT2D eigenvalue weighted by Crippen LogP contribution is 2.22. The Hall–Kier alpha value is -2.82. The number of benzene rings is 2. The predicted octanol–water partition coefficient (Wildman–Crippen LogP) is 3.28. The molecule has 0 atom stereocenters. The minimum atomic E-state index is -0.213. The summed E-state index contributed by atoms with van der Waals surface area (Å²) >= 11 is 0. The second-order valence-electron chi connectivity index (χ2n) is 5.61. The predicted molar refractivity (Wildman–Crippen MR) is 97.4 cm³/mol. The molecule has 5 heteroatoms. The van der Waals surface area contributed by atoms with E-state index in [9.17, 15) is 4.79 Å². The third-order valence-corrected chi connectivity index (χ3v) is 3.46. The van der Waals surface area contributed by atoms with Gasteiger partial charge >= 0.3 is 0 Å². The Balaban J connectivity index is 1.98. The number of hydrogen-bond acceptors (Lipinski definition) is 4. The third kappa shape index (κ3) is 4.84. The largest absolute Gasteiger partial charge is 0.495 e. The Bertz CT molecular complexity index is 697. The number of rotatable bonds is 7. The molecule has 2 N–H and O–H groups in total. The normalized spacial score (nSPS) is 11.2. The Kier molecular flexibility index (Phi) is 6.37. The molecule has 0 bridgehead atoms. The van der Waals surface area contributed by atoms with Crippen LogP contribution < -0.4 is 15.5 Å². The van der Waals surface area contributed by atoms with Gasteiger partial charge in [-0.3, -0.25) is 4.79 Å². The molecule has 0 saturated carbocycles. The van der Waals surface area contributed by atoms with Crippen LogP contribution in [0.4, 0.5) is 5.69 Å². The Morgan fingerprint density at radius 3 is 2.42 bits per heavy atom. The van der Waals surface area contributed by atoms with Crippen LogP contribution in [0.2, 0.25) is 0 Å². The first kappa shape index (κ1) is 17.5. The van der Waals surface area contributed by atoms with E-state index in [0.29, 0.717) is 5.75 Å². The molecule has 0 aliphatic rings. The number of methoxy groups -OCH3 is 1. The lowest BCUT2D eigenvalue weighted by Gasteiger charge is -2.12. The van der Waals surface area contributed by atoms with Crippen LogP contribution in [0.15, 0.2) is 59.7 Å². The fourth-order valence-electron chi connectivity index (χ4n) is 2.26. The zero-order chi connectivity index (χ0) is 17.4. The van der Waals surface area contributed by atoms with Crippen molar-refractivity contribution >= 4 is 17.3 Å². The second-order valence-corrected chi connectivity index (χ2v) is 5.61. The van der Waals surface area contributed by atoms with Crippen LogP contribution in [0, 0.1) is 5.92 Å². The van der Waals surface area contributed by atoms with Crippen LogP contribution in [0.3, 0.4) is 0 Å². The number of carbonyl (C=O) groups is 1. The lowest BCUT2D eigenvalue weighted by atomic mass is 10.0. The molecule has 0 radical (unpaired) electrons. The summed E-state index contributed by atoms with van der Waals surface area (Å²) in [5.74, 6) is 0.686. The van der Waals surface area contributed by atoms with Gasteiger partial charge in [0.2, 0.25) is 0 Å². The first-order valence-corrected chi connectivity index (χ1v) is 7.90. The Morgan fingerprint density at radius 2 is 1.75 bits per heavy atom. The molecule has 0 aromatic heterocycles. The van der Waals surface area contributed by atoms with Crippen molar-refractivity contribution in [2.24, 2.45) is 11.0 Å². The van der Waals surface area contributed by atoms with Crippen LogP contribution in [0.25, 0.3) is 0 Å². The molecular weight excluding hydrogens is 302 g/mol. The number of hydrazone groups is 1. The summed E-state index contributed by atoms with van der Waals surface area (Å²) in [5, 5.41) is 7.34. The summed E-state index contributed by atoms with van der Waals surface area (Å²) in [7, 11) is 1.60. The van der Waals surface area contributed by atoms with Crippen molar-refractivity contribution in [3.8, 4) is 5.75 Å². The van der Waals surface area contributed by atoms with E-state index in [2.05, 4.69) is 15.8 Å². The van der Waals surface area contributed by atoms with Gasteiger partial charge in [-0.1, -0.05) is 56.3 Å². The zero-order valence-electron chi connectivity index (χ0n) is 14.2. The van der Waals surface area contributed by atoms with Crippen molar-refractivity contribution in [1.29, 1.82) is 0 Å². The third-order valence-electron chi connectivity index (χ3n) is 3.46. The Morgan fingerprint density at radius 1 is 1.08 bits per heavy atom. The van der Waals surface area contributed by atoms with E-state index in [1.165, 1.54) is 0 Å². The monoisotopic (exact) mass is 325 g/mol. The van der Waals surface area contributed by atoms with Crippen molar-refractivity contribution in [1.82, 2.24) is 5.43 Å². The van der Waals surface area contributed by atoms with Gasteiger partial charge < -0.3 is 10.1 Å². The summed E-state index contributed by atoms with van der Waals surface area (Å²) in [5.41, 5.74) is 5.24. The molecule has 2 aromatic carbocycles. The van der Waals surface area contributed by atoms with Crippen molar-refractivity contribution in [3.05, 3.63) is 60.2 Å². The highest BCUT2D eigenvalue weighted by molar-refractivity contribution is 6.02. The van der Waals surface area contributed by atoms with Gasteiger partial charge in [0.25, 0.3) is 5.91 Å². The zero-order valence-corrected chi connectivity index (χ0v) is 14.2. The van der Waals surface area contributed by atoms with E-state index in [-0.39, 0.29) is 18.4 Å². The second kappa shape index (κ2) is 8.72. The highest BCUT2D eigenvalue weighted by Gasteiger charge is 2.09. The molecule has 0 fully saturated rings. The van der Waals surface area contributed by atoms with Gasteiger partial charge in [-0.25, -0.2) is 5.43 Å². The van der Waals surface area contributed by atoms with Crippen molar-refractivity contribution < 1.29 is 9.53 Å². The van der Waals surface area contributed by atoms with Gasteiger partial charge in [-0.05, 0) is 23.6 Å². The fraction of sp³-hybridized carbons (Fsp3) is 0.263. The number of amides is 1. The average molecular weight is 325 g/mol. The molecule has 5 nitrogen and oxygen atoms in total. The SMILES string of the molecule is COc1ccccc1NCC(=O)NN=C(c1ccccc1)C(C)C. The van der Waals surface area contributed by atoms with Gasteiger partial charge in [0.1, 0.15) is 5.75 Å². The number of nitrogens with zero attached hydrogens (tertiary/aromatic N) is 1. The minimum absolute atomic E-state index is 0.115. The molecule has 0 saturated heterocycles. The van der Waals surface area contributed by atoms with E-state index in [1.54, 1.807) is 7.11 Å². The molecule has 126 valence electrons. The molecule has 0 unspecified atom stereocenters. The number of carbonyl (C=O) groups excluding carboxylic acids is 1. The first-order valence-electron chi connectivity index (χ1n) is 7.90. The maximum Gasteiger partial charge on any atom is 0.259 e. The maximum absolute atomic E-state index is 12.1. The molecule has 0 spiro atoms. The topological polar surface area (TPSA) is 62.7 Å². The van der Waals surface area contributed by atoms with Gasteiger partial charge in [-0.15, -0.1) is 0 Å². The summed E-state index contributed by atoms with van der Waals surface area (Å²) in [6.45, 7) is 4.21. The highest BCUT2D eigenvalue weighted by atomic mass is 16.5. The van der Waals surface area contributed by atoms with Crippen molar-refractivity contribution in [3.63, 3.8) is 0 Å². The maximum atomic E-state index is 12.1. The van der Waals surface area contributed by atoms with E-state index in [1.807, 2.05) is 68.4 Å². The minimum Gasteiger partial charge on any atom is -0.495 e. The molecule has 1 amide bonds. The number of para-hydroxylation sites is 2. The number of ether oxygens (including phenoxy) is 1. The average Bonchev–Trinajstić information content (AvgIpc) is 2.61. The van der Waals surface area contributed by atoms with Crippen LogP contribution in [0.5, 0.6) is 5.75 Å². The van der Waals surface area contributed by atoms with Crippen molar-refractivity contribution in [2.75, 3.05) is 19.0 Å². The van der Waals surface area contributed by atoms with Gasteiger partial charge in [0, 0.05) is 0 Å². The molecule has 2 rings (SSSR count). The van der Waals surface area contributed by atoms with Crippen LogP contribution >= 0.6 is 0 Å². The van der Waals surface area contributed by atoms with E-state index in [0.717, 1.165) is 17.0 Å². The number of hydrogen-bond donors (Lipinski definition) is 2. The summed E-state index contributed by atoms with van der Waals surface area (Å²) in [6, 6.07) is 17.3. The molecule has 24 heavy (non-hydrogen) atoms. The molecule has 2 aromatic rings. The quantitative estimate of drug-likeness (QED) is 0.606. The van der Waals surface area contributed by atoms with E-state index < -0.39 is 0 Å².